The van der Waals surface area contributed by atoms with E-state index in [9.17, 15) is 0 Å². The molecule has 0 heterocycles. The molecule has 0 saturated heterocycles. The van der Waals surface area contributed by atoms with E-state index >= 15 is 0 Å². The molecule has 0 atom stereocenters. The van der Waals surface area contributed by atoms with E-state index in [0.717, 1.165) is 28.0 Å². The van der Waals surface area contributed by atoms with Crippen molar-refractivity contribution in [1.29, 1.82) is 0 Å². The van der Waals surface area contributed by atoms with Crippen LogP contribution in [0.1, 0.15) is 23.6 Å². The molecule has 0 aromatic heterocycles. The SMILES string of the molecule is C=C(C)c1ccccc1C#Cc1ccc(OC)cc1. The first-order chi connectivity index (χ1) is 9.20. The summed E-state index contributed by atoms with van der Waals surface area (Å²) in [6, 6.07) is 15.8. The van der Waals surface area contributed by atoms with Crippen LogP contribution in [0.5, 0.6) is 5.75 Å². The minimum absolute atomic E-state index is 0.841. The first kappa shape index (κ1) is 13.0. The van der Waals surface area contributed by atoms with E-state index < -0.39 is 0 Å². The van der Waals surface area contributed by atoms with Crippen LogP contribution in [-0.2, 0) is 0 Å². The summed E-state index contributed by atoms with van der Waals surface area (Å²) in [4.78, 5) is 0. The third-order valence-electron chi connectivity index (χ3n) is 2.82. The summed E-state index contributed by atoms with van der Waals surface area (Å²) in [6.07, 6.45) is 0. The highest BCUT2D eigenvalue weighted by Crippen LogP contribution is 2.16. The summed E-state index contributed by atoms with van der Waals surface area (Å²) in [7, 11) is 1.66. The molecular weight excluding hydrogens is 232 g/mol. The number of hydrogen-bond donors (Lipinski definition) is 0. The van der Waals surface area contributed by atoms with Gasteiger partial charge >= 0.3 is 0 Å². The molecule has 94 valence electrons. The van der Waals surface area contributed by atoms with Crippen molar-refractivity contribution in [2.45, 2.75) is 6.92 Å². The minimum atomic E-state index is 0.841. The molecule has 0 aliphatic heterocycles. The van der Waals surface area contributed by atoms with E-state index in [1.165, 1.54) is 0 Å². The highest BCUT2D eigenvalue weighted by Gasteiger charge is 1.98. The average molecular weight is 248 g/mol. The Balaban J connectivity index is 2.31. The van der Waals surface area contributed by atoms with E-state index in [1.807, 2.05) is 55.5 Å². The van der Waals surface area contributed by atoms with E-state index in [1.54, 1.807) is 7.11 Å². The van der Waals surface area contributed by atoms with Gasteiger partial charge in [-0.3, -0.25) is 0 Å². The molecule has 2 aromatic rings. The van der Waals surface area contributed by atoms with Crippen LogP contribution in [-0.4, -0.2) is 7.11 Å². The number of benzene rings is 2. The maximum atomic E-state index is 5.12. The molecule has 0 fully saturated rings. The first-order valence-corrected chi connectivity index (χ1v) is 6.11. The summed E-state index contributed by atoms with van der Waals surface area (Å²) in [5, 5.41) is 0. The lowest BCUT2D eigenvalue weighted by Gasteiger charge is -2.02. The maximum absolute atomic E-state index is 5.12. The monoisotopic (exact) mass is 248 g/mol. The van der Waals surface area contributed by atoms with Crippen LogP contribution >= 0.6 is 0 Å². The van der Waals surface area contributed by atoms with Crippen LogP contribution in [0.3, 0.4) is 0 Å². The number of methoxy groups -OCH3 is 1. The zero-order valence-corrected chi connectivity index (χ0v) is 11.2. The molecule has 0 N–H and O–H groups in total. The Morgan fingerprint density at radius 1 is 1.00 bits per heavy atom. The van der Waals surface area contributed by atoms with Crippen molar-refractivity contribution in [3.05, 3.63) is 71.8 Å². The summed E-state index contributed by atoms with van der Waals surface area (Å²) in [5.74, 6) is 7.20. The Bertz CT molecular complexity index is 639. The standard InChI is InChI=1S/C18H16O/c1-14(2)18-7-5-4-6-16(18)11-8-15-9-12-17(19-3)13-10-15/h4-7,9-10,12-13H,1H2,2-3H3. The van der Waals surface area contributed by atoms with Crippen LogP contribution in [0.25, 0.3) is 5.57 Å². The molecule has 1 heteroatoms. The number of ether oxygens (including phenoxy) is 1. The van der Waals surface area contributed by atoms with E-state index in [-0.39, 0.29) is 0 Å². The molecule has 2 aromatic carbocycles. The molecule has 19 heavy (non-hydrogen) atoms. The highest BCUT2D eigenvalue weighted by atomic mass is 16.5. The number of allylic oxidation sites excluding steroid dienone is 1. The lowest BCUT2D eigenvalue weighted by molar-refractivity contribution is 0.415. The smallest absolute Gasteiger partial charge is 0.118 e. The van der Waals surface area contributed by atoms with Gasteiger partial charge in [-0.2, -0.15) is 0 Å². The van der Waals surface area contributed by atoms with Crippen molar-refractivity contribution in [2.24, 2.45) is 0 Å². The number of rotatable bonds is 2. The normalized spacial score (nSPS) is 9.37. The predicted molar refractivity (Wildman–Crippen MR) is 80.1 cm³/mol. The molecular formula is C18H16O. The summed E-state index contributed by atoms with van der Waals surface area (Å²) < 4.78 is 5.12. The molecule has 0 unspecified atom stereocenters. The van der Waals surface area contributed by atoms with Gasteiger partial charge in [-0.25, -0.2) is 0 Å². The van der Waals surface area contributed by atoms with Crippen molar-refractivity contribution in [3.8, 4) is 17.6 Å². The van der Waals surface area contributed by atoms with Crippen molar-refractivity contribution < 1.29 is 4.74 Å². The molecule has 0 bridgehead atoms. The van der Waals surface area contributed by atoms with Gasteiger partial charge in [0.15, 0.2) is 0 Å². The fourth-order valence-corrected chi connectivity index (χ4v) is 1.78. The van der Waals surface area contributed by atoms with Gasteiger partial charge in [-0.15, -0.1) is 0 Å². The van der Waals surface area contributed by atoms with Crippen molar-refractivity contribution in [3.63, 3.8) is 0 Å². The molecule has 0 aliphatic rings. The summed E-state index contributed by atoms with van der Waals surface area (Å²) in [5.41, 5.74) is 4.10. The van der Waals surface area contributed by atoms with Crippen LogP contribution in [0.4, 0.5) is 0 Å². The van der Waals surface area contributed by atoms with Crippen molar-refractivity contribution in [1.82, 2.24) is 0 Å². The van der Waals surface area contributed by atoms with Gasteiger partial charge < -0.3 is 4.74 Å². The van der Waals surface area contributed by atoms with Gasteiger partial charge in [-0.05, 0) is 48.4 Å². The van der Waals surface area contributed by atoms with Crippen molar-refractivity contribution in [2.75, 3.05) is 7.11 Å². The van der Waals surface area contributed by atoms with Crippen LogP contribution in [0.2, 0.25) is 0 Å². The Kier molecular flexibility index (Phi) is 4.05. The van der Waals surface area contributed by atoms with Gasteiger partial charge in [0.05, 0.1) is 7.11 Å². The van der Waals surface area contributed by atoms with Crippen LogP contribution in [0, 0.1) is 11.8 Å². The molecule has 0 spiro atoms. The van der Waals surface area contributed by atoms with Crippen molar-refractivity contribution >= 4 is 5.57 Å². The fourth-order valence-electron chi connectivity index (χ4n) is 1.78. The van der Waals surface area contributed by atoms with E-state index in [0.29, 0.717) is 0 Å². The molecule has 0 radical (unpaired) electrons. The van der Waals surface area contributed by atoms with Crippen LogP contribution < -0.4 is 4.74 Å². The minimum Gasteiger partial charge on any atom is -0.497 e. The van der Waals surface area contributed by atoms with Gasteiger partial charge in [0.25, 0.3) is 0 Å². The zero-order chi connectivity index (χ0) is 13.7. The Hall–Kier alpha value is -2.46. The van der Waals surface area contributed by atoms with Gasteiger partial charge in [0.1, 0.15) is 5.75 Å². The molecule has 1 nitrogen and oxygen atoms in total. The summed E-state index contributed by atoms with van der Waals surface area (Å²) in [6.45, 7) is 5.97. The first-order valence-electron chi connectivity index (χ1n) is 6.11. The summed E-state index contributed by atoms with van der Waals surface area (Å²) >= 11 is 0. The third kappa shape index (κ3) is 3.26. The molecule has 0 saturated carbocycles. The largest absolute Gasteiger partial charge is 0.497 e. The second-order valence-electron chi connectivity index (χ2n) is 4.30. The van der Waals surface area contributed by atoms with Gasteiger partial charge in [0, 0.05) is 11.1 Å². The quantitative estimate of drug-likeness (QED) is 0.726. The maximum Gasteiger partial charge on any atom is 0.118 e. The molecule has 0 aliphatic carbocycles. The predicted octanol–water partition coefficient (Wildman–Crippen LogP) is 4.13. The highest BCUT2D eigenvalue weighted by molar-refractivity contribution is 5.68. The van der Waals surface area contributed by atoms with Crippen LogP contribution in [0.15, 0.2) is 55.1 Å². The second-order valence-corrected chi connectivity index (χ2v) is 4.30. The zero-order valence-electron chi connectivity index (χ0n) is 11.2. The third-order valence-corrected chi connectivity index (χ3v) is 2.82. The molecule has 2 rings (SSSR count). The lowest BCUT2D eigenvalue weighted by atomic mass is 10.0. The second kappa shape index (κ2) is 5.93. The Morgan fingerprint density at radius 3 is 2.32 bits per heavy atom. The Labute approximate surface area is 114 Å². The number of hydrogen-bond acceptors (Lipinski definition) is 1. The van der Waals surface area contributed by atoms with Gasteiger partial charge in [-0.1, -0.05) is 36.6 Å². The molecule has 0 amide bonds. The topological polar surface area (TPSA) is 9.23 Å². The van der Waals surface area contributed by atoms with Gasteiger partial charge in [0.2, 0.25) is 0 Å². The van der Waals surface area contributed by atoms with E-state index in [4.69, 9.17) is 4.74 Å². The fraction of sp³-hybridized carbons (Fsp3) is 0.111. The lowest BCUT2D eigenvalue weighted by Crippen LogP contribution is -1.85. The Morgan fingerprint density at radius 2 is 1.68 bits per heavy atom. The van der Waals surface area contributed by atoms with E-state index in [2.05, 4.69) is 18.4 Å². The average Bonchev–Trinajstić information content (AvgIpc) is 2.46.